The molecule has 1 saturated carbocycles. The average Bonchev–Trinajstić information content (AvgIpc) is 3.29. The molecule has 0 spiro atoms. The Balaban J connectivity index is 1.44. The van der Waals surface area contributed by atoms with Crippen LogP contribution in [-0.2, 0) is 13.1 Å². The van der Waals surface area contributed by atoms with Crippen LogP contribution < -0.4 is 10.2 Å². The van der Waals surface area contributed by atoms with Gasteiger partial charge in [0.05, 0.1) is 12.1 Å². The Kier molecular flexibility index (Phi) is 7.43. The van der Waals surface area contributed by atoms with Crippen LogP contribution in [0.4, 0.5) is 0 Å². The zero-order valence-electron chi connectivity index (χ0n) is 19.3. The highest BCUT2D eigenvalue weighted by atomic mass is 16.4. The molecule has 1 aliphatic carbocycles. The molecule has 32 heavy (non-hydrogen) atoms. The van der Waals surface area contributed by atoms with Crippen molar-refractivity contribution in [2.24, 2.45) is 0 Å². The number of nitrogens with one attached hydrogen (secondary N) is 2. The smallest absolute Gasteiger partial charge is 0.287 e. The first-order chi connectivity index (χ1) is 15.6. The second-order valence-corrected chi connectivity index (χ2v) is 9.21. The maximum absolute atomic E-state index is 12.7. The summed E-state index contributed by atoms with van der Waals surface area (Å²) in [5, 5.41) is 3.05. The number of quaternary nitrogens is 1. The Hall–Kier alpha value is -2.85. The second kappa shape index (κ2) is 10.6. The third-order valence-electron chi connectivity index (χ3n) is 6.63. The van der Waals surface area contributed by atoms with Crippen LogP contribution in [0.2, 0.25) is 0 Å². The topological polar surface area (TPSA) is 46.7 Å². The number of amides is 1. The fourth-order valence-electron chi connectivity index (χ4n) is 4.86. The quantitative estimate of drug-likeness (QED) is 0.527. The lowest BCUT2D eigenvalue weighted by Gasteiger charge is -2.31. The summed E-state index contributed by atoms with van der Waals surface area (Å²) in [6.45, 7) is 5.94. The molecule has 4 heteroatoms. The van der Waals surface area contributed by atoms with E-state index >= 15 is 0 Å². The first-order valence-corrected chi connectivity index (χ1v) is 11.9. The summed E-state index contributed by atoms with van der Waals surface area (Å²) < 4.78 is 6.03. The molecule has 1 fully saturated rings. The Morgan fingerprint density at radius 1 is 1.00 bits per heavy atom. The van der Waals surface area contributed by atoms with Crippen LogP contribution in [0.5, 0.6) is 0 Å². The van der Waals surface area contributed by atoms with Crippen molar-refractivity contribution in [2.75, 3.05) is 0 Å². The van der Waals surface area contributed by atoms with Crippen LogP contribution in [0, 0.1) is 6.92 Å². The first kappa shape index (κ1) is 22.3. The third-order valence-corrected chi connectivity index (χ3v) is 6.63. The van der Waals surface area contributed by atoms with Gasteiger partial charge in [-0.2, -0.15) is 0 Å². The highest BCUT2D eigenvalue weighted by molar-refractivity contribution is 5.91. The van der Waals surface area contributed by atoms with Gasteiger partial charge in [0, 0.05) is 5.56 Å². The molecule has 168 valence electrons. The van der Waals surface area contributed by atoms with Crippen molar-refractivity contribution in [3.63, 3.8) is 0 Å². The van der Waals surface area contributed by atoms with Crippen LogP contribution in [-0.4, -0.2) is 11.9 Å². The van der Waals surface area contributed by atoms with E-state index in [0.717, 1.165) is 24.4 Å². The maximum atomic E-state index is 12.7. The molecule has 4 nitrogen and oxygen atoms in total. The minimum Gasteiger partial charge on any atom is -0.450 e. The summed E-state index contributed by atoms with van der Waals surface area (Å²) in [5.41, 5.74) is 3.75. The predicted molar refractivity (Wildman–Crippen MR) is 127 cm³/mol. The molecular formula is C28H35N2O2+. The van der Waals surface area contributed by atoms with Crippen molar-refractivity contribution < 1.29 is 14.1 Å². The lowest BCUT2D eigenvalue weighted by Crippen LogP contribution is -3.13. The number of aryl methyl sites for hydroxylation is 1. The Morgan fingerprint density at radius 2 is 1.78 bits per heavy atom. The molecule has 1 aliphatic rings. The van der Waals surface area contributed by atoms with Gasteiger partial charge >= 0.3 is 0 Å². The van der Waals surface area contributed by atoms with Crippen molar-refractivity contribution in [1.29, 1.82) is 0 Å². The molecule has 0 aliphatic heterocycles. The minimum absolute atomic E-state index is 0.0667. The van der Waals surface area contributed by atoms with Gasteiger partial charge < -0.3 is 14.6 Å². The Bertz CT molecular complexity index is 1010. The van der Waals surface area contributed by atoms with Gasteiger partial charge in [0.25, 0.3) is 5.91 Å². The number of hydrogen-bond donors (Lipinski definition) is 2. The Morgan fingerprint density at radius 3 is 2.53 bits per heavy atom. The Labute approximate surface area is 191 Å². The largest absolute Gasteiger partial charge is 0.450 e. The van der Waals surface area contributed by atoms with Gasteiger partial charge in [0.15, 0.2) is 11.5 Å². The average molecular weight is 432 g/mol. The van der Waals surface area contributed by atoms with Gasteiger partial charge in [0.1, 0.15) is 13.1 Å². The molecule has 2 atom stereocenters. The van der Waals surface area contributed by atoms with Crippen molar-refractivity contribution in [3.05, 3.63) is 94.9 Å². The van der Waals surface area contributed by atoms with E-state index in [1.165, 1.54) is 48.1 Å². The summed E-state index contributed by atoms with van der Waals surface area (Å²) in [6.07, 6.45) is 6.50. The van der Waals surface area contributed by atoms with Gasteiger partial charge in [-0.3, -0.25) is 4.79 Å². The van der Waals surface area contributed by atoms with Crippen molar-refractivity contribution in [2.45, 2.75) is 71.1 Å². The lowest BCUT2D eigenvalue weighted by molar-refractivity contribution is -0.954. The number of benzene rings is 2. The summed E-state index contributed by atoms with van der Waals surface area (Å²) in [5.74, 6) is 1.11. The minimum atomic E-state index is -0.162. The molecule has 3 aromatic rings. The van der Waals surface area contributed by atoms with E-state index in [1.54, 1.807) is 0 Å². The molecule has 1 heterocycles. The van der Waals surface area contributed by atoms with Crippen LogP contribution in [0.25, 0.3) is 0 Å². The summed E-state index contributed by atoms with van der Waals surface area (Å²) >= 11 is 0. The SMILES string of the molecule is Cc1cccc(C[NH+](Cc2ccc(C(=O)N[C@H](C)c3ccccc3)o2)C2CCCCC2)c1. The third kappa shape index (κ3) is 5.89. The van der Waals surface area contributed by atoms with E-state index in [9.17, 15) is 4.79 Å². The second-order valence-electron chi connectivity index (χ2n) is 9.21. The molecule has 1 amide bonds. The molecule has 1 unspecified atom stereocenters. The van der Waals surface area contributed by atoms with Crippen LogP contribution in [0.15, 0.2) is 71.1 Å². The standard InChI is InChI=1S/C28H34N2O2/c1-21-10-9-11-23(18-21)19-30(25-14-7-4-8-15-25)20-26-16-17-27(32-26)28(31)29-22(2)24-12-5-3-6-13-24/h3,5-6,9-13,16-18,22,25H,4,7-8,14-15,19-20H2,1-2H3,(H,29,31)/p+1/t22-/m1/s1. The molecule has 1 aromatic heterocycles. The van der Waals surface area contributed by atoms with Gasteiger partial charge in [0.2, 0.25) is 0 Å². The fraction of sp³-hybridized carbons (Fsp3) is 0.393. The van der Waals surface area contributed by atoms with E-state index in [2.05, 4.69) is 36.5 Å². The van der Waals surface area contributed by atoms with Gasteiger partial charge in [-0.1, -0.05) is 66.6 Å². The maximum Gasteiger partial charge on any atom is 0.287 e. The molecule has 0 saturated heterocycles. The monoisotopic (exact) mass is 431 g/mol. The number of furan rings is 1. The highest BCUT2D eigenvalue weighted by Crippen LogP contribution is 2.18. The van der Waals surface area contributed by atoms with Crippen LogP contribution in [0.1, 0.15) is 78.1 Å². The van der Waals surface area contributed by atoms with Gasteiger partial charge in [-0.25, -0.2) is 0 Å². The van der Waals surface area contributed by atoms with Crippen molar-refractivity contribution >= 4 is 5.91 Å². The fourth-order valence-corrected chi connectivity index (χ4v) is 4.86. The highest BCUT2D eigenvalue weighted by Gasteiger charge is 2.26. The molecule has 0 radical (unpaired) electrons. The molecule has 4 rings (SSSR count). The van der Waals surface area contributed by atoms with Crippen LogP contribution >= 0.6 is 0 Å². The van der Waals surface area contributed by atoms with Crippen molar-refractivity contribution in [1.82, 2.24) is 5.32 Å². The summed E-state index contributed by atoms with van der Waals surface area (Å²) in [7, 11) is 0. The normalized spacial score (nSPS) is 16.4. The predicted octanol–water partition coefficient (Wildman–Crippen LogP) is 5.00. The summed E-state index contributed by atoms with van der Waals surface area (Å²) in [4.78, 5) is 14.3. The number of carbonyl (C=O) groups is 1. The van der Waals surface area contributed by atoms with Crippen LogP contribution in [0.3, 0.4) is 0 Å². The molecule has 2 aromatic carbocycles. The molecule has 2 N–H and O–H groups in total. The van der Waals surface area contributed by atoms with E-state index < -0.39 is 0 Å². The van der Waals surface area contributed by atoms with E-state index in [0.29, 0.717) is 11.8 Å². The van der Waals surface area contributed by atoms with Gasteiger partial charge in [-0.15, -0.1) is 0 Å². The van der Waals surface area contributed by atoms with E-state index in [1.807, 2.05) is 49.4 Å². The number of hydrogen-bond acceptors (Lipinski definition) is 2. The zero-order chi connectivity index (χ0) is 22.3. The van der Waals surface area contributed by atoms with E-state index in [-0.39, 0.29) is 11.9 Å². The molecular weight excluding hydrogens is 396 g/mol. The number of carbonyl (C=O) groups excluding carboxylic acids is 1. The lowest BCUT2D eigenvalue weighted by atomic mass is 9.93. The van der Waals surface area contributed by atoms with E-state index in [4.69, 9.17) is 4.42 Å². The van der Waals surface area contributed by atoms with Crippen molar-refractivity contribution in [3.8, 4) is 0 Å². The number of rotatable bonds is 8. The summed E-state index contributed by atoms with van der Waals surface area (Å²) in [6, 6.07) is 23.2. The first-order valence-electron chi connectivity index (χ1n) is 11.9. The zero-order valence-corrected chi connectivity index (χ0v) is 19.3. The molecule has 0 bridgehead atoms. The van der Waals surface area contributed by atoms with Gasteiger partial charge in [-0.05, 0) is 57.2 Å².